The van der Waals surface area contributed by atoms with Crippen LogP contribution in [0.25, 0.3) is 5.78 Å². The number of likely N-dealkylation sites (N-methyl/N-ethyl adjacent to an activating group) is 1. The van der Waals surface area contributed by atoms with Gasteiger partial charge in [-0.1, -0.05) is 0 Å². The van der Waals surface area contributed by atoms with E-state index < -0.39 is 35.8 Å². The molecule has 2 fully saturated rings. The molecule has 1 N–H and O–H groups in total. The normalized spacial score (nSPS) is 16.7. The summed E-state index contributed by atoms with van der Waals surface area (Å²) in [6.45, 7) is 4.36. The predicted octanol–water partition coefficient (Wildman–Crippen LogP) is 1.89. The molecule has 44 heavy (non-hydrogen) atoms. The first-order valence-corrected chi connectivity index (χ1v) is 14.2. The second-order valence-electron chi connectivity index (χ2n) is 10.1. The number of rotatable bonds is 9. The summed E-state index contributed by atoms with van der Waals surface area (Å²) >= 11 is 0. The van der Waals surface area contributed by atoms with E-state index in [0.29, 0.717) is 5.78 Å². The van der Waals surface area contributed by atoms with E-state index in [9.17, 15) is 19.2 Å². The van der Waals surface area contributed by atoms with Crippen molar-refractivity contribution < 1.29 is 37.4 Å². The van der Waals surface area contributed by atoms with Crippen molar-refractivity contribution in [3.05, 3.63) is 54.1 Å². The van der Waals surface area contributed by atoms with Gasteiger partial charge in [0.1, 0.15) is 24.0 Å². The van der Waals surface area contributed by atoms with Gasteiger partial charge in [0, 0.05) is 63.4 Å². The number of nitrogens with zero attached hydrogens (tertiary/aromatic N) is 7. The molecule has 1 aromatic carbocycles. The van der Waals surface area contributed by atoms with Crippen molar-refractivity contribution in [1.29, 1.82) is 0 Å². The van der Waals surface area contributed by atoms with E-state index in [0.717, 1.165) is 17.0 Å². The lowest BCUT2D eigenvalue weighted by molar-refractivity contribution is -0.132. The minimum absolute atomic E-state index is 0.0183. The molecule has 4 amide bonds. The van der Waals surface area contributed by atoms with Gasteiger partial charge >= 0.3 is 12.2 Å². The Bertz CT molecular complexity index is 1500. The van der Waals surface area contributed by atoms with Crippen molar-refractivity contribution in [2.24, 2.45) is 0 Å². The van der Waals surface area contributed by atoms with Crippen LogP contribution in [0.2, 0.25) is 0 Å². The lowest BCUT2D eigenvalue weighted by Crippen LogP contribution is -2.52. The fraction of sp³-hybridized carbons (Fsp3) is 0.429. The number of alkyl carbamates (subject to hydrolysis) is 1. The fourth-order valence-corrected chi connectivity index (χ4v) is 5.09. The topological polar surface area (TPSA) is 142 Å². The van der Waals surface area contributed by atoms with Crippen LogP contribution in [0.4, 0.5) is 29.7 Å². The Hall–Kier alpha value is -5.02. The van der Waals surface area contributed by atoms with Gasteiger partial charge in [-0.15, -0.1) is 0 Å². The first kappa shape index (κ1) is 30.4. The van der Waals surface area contributed by atoms with E-state index >= 15 is 8.78 Å². The van der Waals surface area contributed by atoms with E-state index in [2.05, 4.69) is 15.3 Å². The molecule has 5 rings (SSSR count). The molecule has 16 heteroatoms. The van der Waals surface area contributed by atoms with E-state index in [-0.39, 0.29) is 81.9 Å². The zero-order valence-electron chi connectivity index (χ0n) is 24.2. The monoisotopic (exact) mass is 614 g/mol. The molecule has 0 saturated carbocycles. The smallest absolute Gasteiger partial charge is 0.414 e. The van der Waals surface area contributed by atoms with Crippen LogP contribution in [0.1, 0.15) is 24.3 Å². The second kappa shape index (κ2) is 13.1. The molecule has 0 spiro atoms. The maximum atomic E-state index is 15.2. The average Bonchev–Trinajstić information content (AvgIpc) is 3.62. The van der Waals surface area contributed by atoms with Crippen LogP contribution in [0.3, 0.4) is 0 Å². The first-order chi connectivity index (χ1) is 21.2. The Kier molecular flexibility index (Phi) is 9.06. The lowest BCUT2D eigenvalue weighted by Gasteiger charge is -2.37. The second-order valence-corrected chi connectivity index (χ2v) is 10.1. The Morgan fingerprint density at radius 3 is 2.52 bits per heavy atom. The lowest BCUT2D eigenvalue weighted by atomic mass is 10.2. The van der Waals surface area contributed by atoms with Crippen molar-refractivity contribution in [3.63, 3.8) is 0 Å². The number of fused-ring (bicyclic) bond motifs is 1. The third kappa shape index (κ3) is 6.48. The molecule has 0 aliphatic carbocycles. The van der Waals surface area contributed by atoms with Gasteiger partial charge in [0.05, 0.1) is 25.4 Å². The van der Waals surface area contributed by atoms with Crippen LogP contribution >= 0.6 is 0 Å². The van der Waals surface area contributed by atoms with Crippen molar-refractivity contribution in [1.82, 2.24) is 29.5 Å². The van der Waals surface area contributed by atoms with Crippen molar-refractivity contribution >= 4 is 41.2 Å². The summed E-state index contributed by atoms with van der Waals surface area (Å²) in [6.07, 6.45) is 2.66. The van der Waals surface area contributed by atoms with Gasteiger partial charge in [-0.3, -0.25) is 18.9 Å². The SMILES string of the molecule is CCOC(=O)NC[C@H]1CN(c2cc(F)c(N3CCN(C(=O)CN(CC)C(=O)c4cn5cccnc5n4)CC3)c(F)c2)C(=O)O1. The molecule has 2 aromatic heterocycles. The van der Waals surface area contributed by atoms with E-state index in [1.807, 2.05) is 0 Å². The highest BCUT2D eigenvalue weighted by Crippen LogP contribution is 2.31. The molecule has 1 atom stereocenters. The molecule has 0 radical (unpaired) electrons. The average molecular weight is 615 g/mol. The summed E-state index contributed by atoms with van der Waals surface area (Å²) in [5.41, 5.74) is -0.115. The number of hydrogen-bond donors (Lipinski definition) is 1. The number of aromatic nitrogens is 3. The number of cyclic esters (lactones) is 1. The maximum absolute atomic E-state index is 15.2. The van der Waals surface area contributed by atoms with Crippen molar-refractivity contribution in [2.45, 2.75) is 20.0 Å². The third-order valence-corrected chi connectivity index (χ3v) is 7.34. The number of nitrogens with one attached hydrogen (secondary N) is 1. The summed E-state index contributed by atoms with van der Waals surface area (Å²) in [5, 5.41) is 2.46. The highest BCUT2D eigenvalue weighted by Gasteiger charge is 2.34. The summed E-state index contributed by atoms with van der Waals surface area (Å²) in [6, 6.07) is 3.82. The van der Waals surface area contributed by atoms with Crippen LogP contribution in [-0.2, 0) is 14.3 Å². The number of carbonyl (C=O) groups is 4. The number of piperazine rings is 1. The molecule has 2 aliphatic heterocycles. The maximum Gasteiger partial charge on any atom is 0.414 e. The number of halogens is 2. The quantitative estimate of drug-likeness (QED) is 0.383. The number of amides is 4. The Labute approximate surface area is 251 Å². The third-order valence-electron chi connectivity index (χ3n) is 7.34. The van der Waals surface area contributed by atoms with Crippen molar-refractivity contribution in [3.8, 4) is 0 Å². The molecule has 14 nitrogen and oxygen atoms in total. The Morgan fingerprint density at radius 1 is 1.14 bits per heavy atom. The van der Waals surface area contributed by atoms with Gasteiger partial charge in [-0.05, 0) is 19.9 Å². The highest BCUT2D eigenvalue weighted by atomic mass is 19.1. The predicted molar refractivity (Wildman–Crippen MR) is 152 cm³/mol. The largest absolute Gasteiger partial charge is 0.450 e. The zero-order chi connectivity index (χ0) is 31.4. The molecular weight excluding hydrogens is 582 g/mol. The van der Waals surface area contributed by atoms with E-state index in [4.69, 9.17) is 9.47 Å². The zero-order valence-corrected chi connectivity index (χ0v) is 24.2. The summed E-state index contributed by atoms with van der Waals surface area (Å²) in [7, 11) is 0. The fourth-order valence-electron chi connectivity index (χ4n) is 5.09. The number of benzene rings is 1. The summed E-state index contributed by atoms with van der Waals surface area (Å²) in [4.78, 5) is 63.8. The van der Waals surface area contributed by atoms with Gasteiger partial charge in [-0.2, -0.15) is 0 Å². The van der Waals surface area contributed by atoms with Gasteiger partial charge in [0.2, 0.25) is 11.7 Å². The van der Waals surface area contributed by atoms with E-state index in [1.54, 1.807) is 47.8 Å². The van der Waals surface area contributed by atoms with Gasteiger partial charge < -0.3 is 29.5 Å². The summed E-state index contributed by atoms with van der Waals surface area (Å²) < 4.78 is 42.1. The molecule has 234 valence electrons. The van der Waals surface area contributed by atoms with Crippen LogP contribution in [0.15, 0.2) is 36.8 Å². The molecule has 0 unspecified atom stereocenters. The van der Waals surface area contributed by atoms with Gasteiger partial charge in [0.15, 0.2) is 11.6 Å². The number of imidazole rings is 1. The number of ether oxygens (including phenoxy) is 2. The standard InChI is InChI=1S/C28H32F2N8O6/c1-3-34(25(40)22-16-37-7-5-6-31-26(37)33-22)17-23(39)35-8-10-36(11-9-35)24-20(29)12-18(13-21(24)30)38-15-19(44-28(38)42)14-32-27(41)43-4-2/h5-7,12-13,16,19H,3-4,8-11,14-15,17H2,1-2H3,(H,32,41)/t19-/m0/s1. The molecule has 2 saturated heterocycles. The minimum Gasteiger partial charge on any atom is -0.450 e. The highest BCUT2D eigenvalue weighted by molar-refractivity contribution is 5.95. The van der Waals surface area contributed by atoms with E-state index in [1.165, 1.54) is 9.80 Å². The summed E-state index contributed by atoms with van der Waals surface area (Å²) in [5.74, 6) is -2.07. The molecule has 0 bridgehead atoms. The van der Waals surface area contributed by atoms with Crippen molar-refractivity contribution in [2.75, 3.05) is 68.8 Å². The van der Waals surface area contributed by atoms with Crippen LogP contribution in [0.5, 0.6) is 0 Å². The molecule has 3 aromatic rings. The number of carbonyl (C=O) groups excluding carboxylic acids is 4. The van der Waals surface area contributed by atoms with Crippen LogP contribution < -0.4 is 15.1 Å². The number of hydrogen-bond acceptors (Lipinski definition) is 9. The molecule has 2 aliphatic rings. The van der Waals surface area contributed by atoms with Gasteiger partial charge in [-0.25, -0.2) is 28.3 Å². The van der Waals surface area contributed by atoms with Crippen LogP contribution in [-0.4, -0.2) is 113 Å². The molecular formula is C28H32F2N8O6. The Morgan fingerprint density at radius 2 is 1.86 bits per heavy atom. The Balaban J connectivity index is 1.17. The minimum atomic E-state index is -0.870. The van der Waals surface area contributed by atoms with Gasteiger partial charge in [0.25, 0.3) is 5.91 Å². The van der Waals surface area contributed by atoms with Crippen LogP contribution in [0, 0.1) is 11.6 Å². The number of anilines is 2. The first-order valence-electron chi connectivity index (χ1n) is 14.2. The molecule has 4 heterocycles.